The first-order valence-electron chi connectivity index (χ1n) is 4.70. The summed E-state index contributed by atoms with van der Waals surface area (Å²) in [5, 5.41) is 8.51. The number of nitrogens with zero attached hydrogens (tertiary/aromatic N) is 2. The summed E-state index contributed by atoms with van der Waals surface area (Å²) in [5.41, 5.74) is 1.05. The van der Waals surface area contributed by atoms with Crippen LogP contribution in [0.25, 0.3) is 0 Å². The molecule has 0 fully saturated rings. The number of halogens is 1. The van der Waals surface area contributed by atoms with Gasteiger partial charge in [0.05, 0.1) is 19.1 Å². The smallest absolute Gasteiger partial charge is 0.449 e. The first kappa shape index (κ1) is 13.1. The minimum absolute atomic E-state index is 0. The predicted molar refractivity (Wildman–Crippen MR) is 63.7 cm³/mol. The SMILES string of the molecule is Cl.O=C(O)Oc1cncn1Cc1ccccc1. The molecular weight excluding hydrogens is 244 g/mol. The largest absolute Gasteiger partial charge is 0.512 e. The normalized spacial score (nSPS) is 9.41. The van der Waals surface area contributed by atoms with Crippen LogP contribution in [0.2, 0.25) is 0 Å². The molecule has 90 valence electrons. The maximum Gasteiger partial charge on any atom is 0.512 e. The zero-order valence-electron chi connectivity index (χ0n) is 8.81. The van der Waals surface area contributed by atoms with Crippen molar-refractivity contribution in [2.24, 2.45) is 0 Å². The van der Waals surface area contributed by atoms with Gasteiger partial charge in [0.15, 0.2) is 0 Å². The van der Waals surface area contributed by atoms with Crippen LogP contribution in [0.1, 0.15) is 5.56 Å². The quantitative estimate of drug-likeness (QED) is 0.855. The van der Waals surface area contributed by atoms with E-state index in [1.807, 2.05) is 30.3 Å². The molecule has 1 N–H and O–H groups in total. The third-order valence-corrected chi connectivity index (χ3v) is 2.06. The van der Waals surface area contributed by atoms with E-state index in [0.717, 1.165) is 5.56 Å². The molecule has 6 heteroatoms. The summed E-state index contributed by atoms with van der Waals surface area (Å²) < 4.78 is 6.20. The van der Waals surface area contributed by atoms with Gasteiger partial charge in [-0.25, -0.2) is 9.78 Å². The van der Waals surface area contributed by atoms with E-state index < -0.39 is 6.16 Å². The van der Waals surface area contributed by atoms with Gasteiger partial charge in [-0.05, 0) is 5.56 Å². The van der Waals surface area contributed by atoms with Crippen molar-refractivity contribution in [2.45, 2.75) is 6.54 Å². The molecular formula is C11H11ClN2O3. The molecule has 0 saturated carbocycles. The minimum atomic E-state index is -1.34. The van der Waals surface area contributed by atoms with Crippen molar-refractivity contribution in [3.05, 3.63) is 48.4 Å². The van der Waals surface area contributed by atoms with E-state index in [1.165, 1.54) is 12.5 Å². The Bertz CT molecular complexity index is 484. The van der Waals surface area contributed by atoms with Crippen molar-refractivity contribution in [3.8, 4) is 5.88 Å². The van der Waals surface area contributed by atoms with Gasteiger partial charge in [-0.15, -0.1) is 12.4 Å². The highest BCUT2D eigenvalue weighted by Crippen LogP contribution is 2.12. The second-order valence-electron chi connectivity index (χ2n) is 3.21. The van der Waals surface area contributed by atoms with Crippen LogP contribution >= 0.6 is 12.4 Å². The molecule has 5 nitrogen and oxygen atoms in total. The molecule has 0 spiro atoms. The summed E-state index contributed by atoms with van der Waals surface area (Å²) in [6, 6.07) is 9.66. The molecule has 0 aliphatic rings. The number of ether oxygens (including phenoxy) is 1. The molecule has 1 heterocycles. The molecule has 0 radical (unpaired) electrons. The van der Waals surface area contributed by atoms with Gasteiger partial charge in [0, 0.05) is 0 Å². The second kappa shape index (κ2) is 5.91. The standard InChI is InChI=1S/C11H10N2O3.ClH/c14-11(15)16-10-6-12-8-13(10)7-9-4-2-1-3-5-9;/h1-6,8H,7H2,(H,14,15);1H. The summed E-state index contributed by atoms with van der Waals surface area (Å²) in [5.74, 6) is 0.219. The molecule has 0 bridgehead atoms. The molecule has 17 heavy (non-hydrogen) atoms. The zero-order valence-corrected chi connectivity index (χ0v) is 9.63. The first-order chi connectivity index (χ1) is 7.75. The monoisotopic (exact) mass is 254 g/mol. The molecule has 1 aromatic carbocycles. The summed E-state index contributed by atoms with van der Waals surface area (Å²) in [4.78, 5) is 14.3. The third kappa shape index (κ3) is 3.49. The van der Waals surface area contributed by atoms with Crippen LogP contribution in [-0.2, 0) is 6.54 Å². The Labute approximate surface area is 104 Å². The van der Waals surface area contributed by atoms with Crippen LogP contribution in [0.5, 0.6) is 5.88 Å². The Kier molecular flexibility index (Phi) is 4.54. The Balaban J connectivity index is 0.00000144. The van der Waals surface area contributed by atoms with Gasteiger partial charge >= 0.3 is 6.16 Å². The van der Waals surface area contributed by atoms with Crippen LogP contribution in [0, 0.1) is 0 Å². The van der Waals surface area contributed by atoms with Crippen molar-refractivity contribution < 1.29 is 14.6 Å². The van der Waals surface area contributed by atoms with Crippen LogP contribution in [0.15, 0.2) is 42.9 Å². The molecule has 0 saturated heterocycles. The molecule has 0 amide bonds. The van der Waals surface area contributed by atoms with E-state index >= 15 is 0 Å². The molecule has 0 aliphatic carbocycles. The highest BCUT2D eigenvalue weighted by atomic mass is 35.5. The maximum atomic E-state index is 10.4. The van der Waals surface area contributed by atoms with E-state index in [2.05, 4.69) is 9.72 Å². The highest BCUT2D eigenvalue weighted by Gasteiger charge is 2.07. The molecule has 0 aliphatic heterocycles. The topological polar surface area (TPSA) is 64.3 Å². The van der Waals surface area contributed by atoms with Crippen molar-refractivity contribution in [1.29, 1.82) is 0 Å². The number of benzene rings is 1. The van der Waals surface area contributed by atoms with E-state index in [0.29, 0.717) is 6.54 Å². The number of hydrogen-bond donors (Lipinski definition) is 1. The van der Waals surface area contributed by atoms with Crippen LogP contribution < -0.4 is 4.74 Å². The van der Waals surface area contributed by atoms with Crippen molar-refractivity contribution >= 4 is 18.6 Å². The average Bonchev–Trinajstić information content (AvgIpc) is 2.66. The zero-order chi connectivity index (χ0) is 11.4. The van der Waals surface area contributed by atoms with E-state index in [-0.39, 0.29) is 18.3 Å². The third-order valence-electron chi connectivity index (χ3n) is 2.06. The number of imidazole rings is 1. The van der Waals surface area contributed by atoms with Gasteiger partial charge in [-0.1, -0.05) is 30.3 Å². The fraction of sp³-hybridized carbons (Fsp3) is 0.0909. The number of carbonyl (C=O) groups is 1. The number of carboxylic acid groups (broad SMARTS) is 1. The fourth-order valence-electron chi connectivity index (χ4n) is 1.38. The van der Waals surface area contributed by atoms with Gasteiger partial charge in [-0.2, -0.15) is 0 Å². The predicted octanol–water partition coefficient (Wildman–Crippen LogP) is 2.41. The Morgan fingerprint density at radius 3 is 2.71 bits per heavy atom. The highest BCUT2D eigenvalue weighted by molar-refractivity contribution is 5.85. The van der Waals surface area contributed by atoms with Gasteiger partial charge < -0.3 is 9.84 Å². The number of aromatic nitrogens is 2. The molecule has 2 aromatic rings. The van der Waals surface area contributed by atoms with E-state index in [1.54, 1.807) is 4.57 Å². The van der Waals surface area contributed by atoms with E-state index in [4.69, 9.17) is 5.11 Å². The lowest BCUT2D eigenvalue weighted by Crippen LogP contribution is -2.08. The number of hydrogen-bond acceptors (Lipinski definition) is 3. The van der Waals surface area contributed by atoms with Crippen molar-refractivity contribution in [2.75, 3.05) is 0 Å². The minimum Gasteiger partial charge on any atom is -0.449 e. The van der Waals surface area contributed by atoms with Crippen LogP contribution in [0.3, 0.4) is 0 Å². The maximum absolute atomic E-state index is 10.4. The summed E-state index contributed by atoms with van der Waals surface area (Å²) >= 11 is 0. The lowest BCUT2D eigenvalue weighted by Gasteiger charge is -2.06. The van der Waals surface area contributed by atoms with Gasteiger partial charge in [0.1, 0.15) is 0 Å². The first-order valence-corrected chi connectivity index (χ1v) is 4.70. The van der Waals surface area contributed by atoms with Gasteiger partial charge in [-0.3, -0.25) is 4.57 Å². The second-order valence-corrected chi connectivity index (χ2v) is 3.21. The van der Waals surface area contributed by atoms with Crippen molar-refractivity contribution in [1.82, 2.24) is 9.55 Å². The molecule has 1 aromatic heterocycles. The Morgan fingerprint density at radius 1 is 1.35 bits per heavy atom. The Morgan fingerprint density at radius 2 is 2.06 bits per heavy atom. The fourth-order valence-corrected chi connectivity index (χ4v) is 1.38. The van der Waals surface area contributed by atoms with Crippen LogP contribution in [0.4, 0.5) is 4.79 Å². The molecule has 2 rings (SSSR count). The van der Waals surface area contributed by atoms with Gasteiger partial charge in [0.25, 0.3) is 0 Å². The molecule has 0 unspecified atom stereocenters. The summed E-state index contributed by atoms with van der Waals surface area (Å²) in [6.45, 7) is 0.531. The van der Waals surface area contributed by atoms with Crippen LogP contribution in [-0.4, -0.2) is 20.8 Å². The lowest BCUT2D eigenvalue weighted by atomic mass is 10.2. The average molecular weight is 255 g/mol. The summed E-state index contributed by atoms with van der Waals surface area (Å²) in [6.07, 6.45) is 1.57. The van der Waals surface area contributed by atoms with E-state index in [9.17, 15) is 4.79 Å². The number of rotatable bonds is 3. The summed E-state index contributed by atoms with van der Waals surface area (Å²) in [7, 11) is 0. The van der Waals surface area contributed by atoms with Crippen molar-refractivity contribution in [3.63, 3.8) is 0 Å². The lowest BCUT2D eigenvalue weighted by molar-refractivity contribution is 0.141. The van der Waals surface area contributed by atoms with Gasteiger partial charge in [0.2, 0.25) is 5.88 Å². The molecule has 0 atom stereocenters. The Hall–Kier alpha value is -2.01.